The van der Waals surface area contributed by atoms with E-state index in [1.54, 1.807) is 0 Å². The molecule has 1 aliphatic carbocycles. The third kappa shape index (κ3) is 4.55. The number of ether oxygens (including phenoxy) is 1. The number of rotatable bonds is 2. The Morgan fingerprint density at radius 1 is 0.679 bits per heavy atom. The number of para-hydroxylation sites is 1. The van der Waals surface area contributed by atoms with Gasteiger partial charge < -0.3 is 19.0 Å². The van der Waals surface area contributed by atoms with Gasteiger partial charge in [-0.05, 0) is 134 Å². The van der Waals surface area contributed by atoms with Gasteiger partial charge in [-0.3, -0.25) is 0 Å². The molecule has 4 heterocycles. The molecule has 1 fully saturated rings. The molecular weight excluding hydrogens is 647 g/mol. The number of furan rings is 1. The van der Waals surface area contributed by atoms with Gasteiger partial charge in [0.05, 0.1) is 17.0 Å². The van der Waals surface area contributed by atoms with Gasteiger partial charge in [-0.15, -0.1) is 0 Å². The van der Waals surface area contributed by atoms with Crippen LogP contribution in [0.3, 0.4) is 0 Å². The maximum atomic E-state index is 7.45. The molecule has 0 bridgehead atoms. The molecule has 3 aliphatic heterocycles. The van der Waals surface area contributed by atoms with Crippen molar-refractivity contribution in [2.45, 2.75) is 104 Å². The van der Waals surface area contributed by atoms with Crippen LogP contribution < -0.4 is 31.1 Å². The summed E-state index contributed by atoms with van der Waals surface area (Å²) >= 11 is 0. The first kappa shape index (κ1) is 32.7. The van der Waals surface area contributed by atoms with Gasteiger partial charge >= 0.3 is 0 Å². The summed E-state index contributed by atoms with van der Waals surface area (Å²) in [5.41, 5.74) is 17.5. The zero-order valence-electron chi connectivity index (χ0n) is 32.5. The Bertz CT molecular complexity index is 2470. The van der Waals surface area contributed by atoms with Gasteiger partial charge in [0.1, 0.15) is 16.9 Å². The molecule has 10 rings (SSSR count). The summed E-state index contributed by atoms with van der Waals surface area (Å²) in [5, 5.41) is 1.16. The van der Waals surface area contributed by atoms with Crippen molar-refractivity contribution in [1.82, 2.24) is 0 Å². The number of nitrogens with zero attached hydrogens (tertiary/aromatic N) is 2. The maximum absolute atomic E-state index is 7.45. The van der Waals surface area contributed by atoms with E-state index >= 15 is 0 Å². The third-order valence-electron chi connectivity index (χ3n) is 13.2. The minimum Gasteiger partial charge on any atom is -0.484 e. The van der Waals surface area contributed by atoms with Crippen molar-refractivity contribution >= 4 is 68.4 Å². The Kier molecular flexibility index (Phi) is 6.84. The van der Waals surface area contributed by atoms with E-state index < -0.39 is 0 Å². The zero-order chi connectivity index (χ0) is 36.6. The predicted molar refractivity (Wildman–Crippen MR) is 223 cm³/mol. The van der Waals surface area contributed by atoms with Crippen LogP contribution in [0.25, 0.3) is 11.0 Å². The largest absolute Gasteiger partial charge is 0.484 e. The van der Waals surface area contributed by atoms with E-state index in [0.29, 0.717) is 0 Å². The summed E-state index contributed by atoms with van der Waals surface area (Å²) in [4.78, 5) is 5.02. The smallest absolute Gasteiger partial charge is 0.297 e. The topological polar surface area (TPSA) is 28.9 Å². The Balaban J connectivity index is 1.33. The molecule has 0 N–H and O–H groups in total. The van der Waals surface area contributed by atoms with Gasteiger partial charge in [0.2, 0.25) is 0 Å². The number of fused-ring (bicyclic) bond motifs is 10. The molecular formula is C48H49BN2O2. The lowest BCUT2D eigenvalue weighted by Gasteiger charge is -2.43. The van der Waals surface area contributed by atoms with Gasteiger partial charge in [0.15, 0.2) is 0 Å². The Morgan fingerprint density at radius 3 is 2.08 bits per heavy atom. The standard InChI is InChI=1S/C48H49BN2O2/c1-29-23-30(2)25-34(24-29)51-39-27-31(3)26-38-41(39)49(45-42(51)35-28-32(46(4,5)6)17-20-40(35)52-45)37-19-18-36-44(43(37)50(38)33-15-11-9-12-16-33)53-48(8)22-14-10-13-21-47(36,48)7/h9,11-12,15-20,23-28H,10,13-14,21-22H2,1-8H3. The summed E-state index contributed by atoms with van der Waals surface area (Å²) < 4.78 is 14.7. The normalized spacial score (nSPS) is 21.4. The number of aryl methyl sites for hydroxylation is 3. The summed E-state index contributed by atoms with van der Waals surface area (Å²) in [6.45, 7) is 18.3. The molecule has 266 valence electrons. The van der Waals surface area contributed by atoms with Crippen molar-refractivity contribution in [2.24, 2.45) is 0 Å². The van der Waals surface area contributed by atoms with Crippen molar-refractivity contribution in [3.8, 4) is 5.75 Å². The molecule has 2 unspecified atom stereocenters. The first-order valence-corrected chi connectivity index (χ1v) is 19.7. The van der Waals surface area contributed by atoms with Crippen molar-refractivity contribution in [3.63, 3.8) is 0 Å². The minimum absolute atomic E-state index is 0.00712. The third-order valence-corrected chi connectivity index (χ3v) is 13.2. The fourth-order valence-corrected chi connectivity index (χ4v) is 10.3. The molecule has 2 atom stereocenters. The maximum Gasteiger partial charge on any atom is 0.297 e. The van der Waals surface area contributed by atoms with Crippen LogP contribution in [-0.2, 0) is 10.8 Å². The summed E-state index contributed by atoms with van der Waals surface area (Å²) in [6, 6.07) is 34.3. The second kappa shape index (κ2) is 11.1. The molecule has 1 aromatic heterocycles. The molecule has 5 heteroatoms. The van der Waals surface area contributed by atoms with E-state index in [9.17, 15) is 0 Å². The molecule has 4 nitrogen and oxygen atoms in total. The van der Waals surface area contributed by atoms with Crippen molar-refractivity contribution in [3.05, 3.63) is 119 Å². The monoisotopic (exact) mass is 696 g/mol. The highest BCUT2D eigenvalue weighted by Gasteiger charge is 2.57. The number of anilines is 6. The van der Waals surface area contributed by atoms with Gasteiger partial charge in [-0.1, -0.05) is 83.0 Å². The first-order valence-electron chi connectivity index (χ1n) is 19.7. The van der Waals surface area contributed by atoms with Crippen molar-refractivity contribution in [2.75, 3.05) is 9.80 Å². The van der Waals surface area contributed by atoms with E-state index in [0.717, 1.165) is 52.3 Å². The molecule has 0 saturated heterocycles. The quantitative estimate of drug-likeness (QED) is 0.168. The van der Waals surface area contributed by atoms with Gasteiger partial charge in [0, 0.05) is 39.1 Å². The Morgan fingerprint density at radius 2 is 1.36 bits per heavy atom. The van der Waals surface area contributed by atoms with Crippen molar-refractivity contribution < 1.29 is 9.15 Å². The van der Waals surface area contributed by atoms with Crippen LogP contribution in [0, 0.1) is 20.8 Å². The molecule has 53 heavy (non-hydrogen) atoms. The van der Waals surface area contributed by atoms with E-state index in [2.05, 4.69) is 156 Å². The zero-order valence-corrected chi connectivity index (χ0v) is 32.5. The van der Waals surface area contributed by atoms with Gasteiger partial charge in [-0.2, -0.15) is 0 Å². The number of hydrogen-bond acceptors (Lipinski definition) is 4. The predicted octanol–water partition coefficient (Wildman–Crippen LogP) is 11.1. The van der Waals surface area contributed by atoms with Crippen LogP contribution in [0.4, 0.5) is 34.1 Å². The molecule has 5 aromatic carbocycles. The second-order valence-corrected chi connectivity index (χ2v) is 17.9. The van der Waals surface area contributed by atoms with Crippen LogP contribution in [0.2, 0.25) is 0 Å². The lowest BCUT2D eigenvalue weighted by molar-refractivity contribution is 0.0362. The highest BCUT2D eigenvalue weighted by molar-refractivity contribution is 7.00. The highest BCUT2D eigenvalue weighted by Crippen LogP contribution is 2.60. The van der Waals surface area contributed by atoms with E-state index in [-0.39, 0.29) is 23.1 Å². The number of hydrogen-bond donors (Lipinski definition) is 0. The highest BCUT2D eigenvalue weighted by atomic mass is 16.5. The SMILES string of the molecule is Cc1cc(C)cc(N2c3cc(C)cc4c3B(c3ccc5c(c3N4c3ccccc3)OC3(C)CCCCCC53C)c3oc4ccc(C(C)(C)C)cc4c32)c1. The number of benzene rings is 5. The lowest BCUT2D eigenvalue weighted by atomic mass is 9.35. The lowest BCUT2D eigenvalue weighted by Crippen LogP contribution is -2.61. The molecule has 1 saturated carbocycles. The molecule has 0 spiro atoms. The van der Waals surface area contributed by atoms with Crippen molar-refractivity contribution in [1.29, 1.82) is 0 Å². The molecule has 0 amide bonds. The summed E-state index contributed by atoms with van der Waals surface area (Å²) in [7, 11) is 0. The Labute approximate surface area is 314 Å². The average molecular weight is 697 g/mol. The van der Waals surface area contributed by atoms with Gasteiger partial charge in [-0.25, -0.2) is 0 Å². The van der Waals surface area contributed by atoms with Crippen LogP contribution in [0.5, 0.6) is 5.75 Å². The van der Waals surface area contributed by atoms with Crippen LogP contribution in [0.15, 0.2) is 95.4 Å². The van der Waals surface area contributed by atoms with E-state index in [1.807, 2.05) is 0 Å². The summed E-state index contributed by atoms with van der Waals surface area (Å²) in [5.74, 6) is 1.05. The van der Waals surface area contributed by atoms with E-state index in [4.69, 9.17) is 9.15 Å². The van der Waals surface area contributed by atoms with Crippen LogP contribution in [0.1, 0.15) is 94.5 Å². The van der Waals surface area contributed by atoms with Crippen LogP contribution >= 0.6 is 0 Å². The Hall–Kier alpha value is -4.90. The van der Waals surface area contributed by atoms with Gasteiger partial charge in [0.25, 0.3) is 6.71 Å². The van der Waals surface area contributed by atoms with E-state index in [1.165, 1.54) is 75.1 Å². The molecule has 4 aliphatic rings. The average Bonchev–Trinajstić information content (AvgIpc) is 3.53. The second-order valence-electron chi connectivity index (χ2n) is 17.9. The first-order chi connectivity index (χ1) is 25.4. The fourth-order valence-electron chi connectivity index (χ4n) is 10.3. The fraction of sp³-hybridized carbons (Fsp3) is 0.333. The summed E-state index contributed by atoms with van der Waals surface area (Å²) in [6.07, 6.45) is 5.90. The molecule has 6 aromatic rings. The minimum atomic E-state index is -0.262. The van der Waals surface area contributed by atoms with Crippen LogP contribution in [-0.4, -0.2) is 12.3 Å². The molecule has 0 radical (unpaired) electrons.